The van der Waals surface area contributed by atoms with Gasteiger partial charge < -0.3 is 15.8 Å². The average Bonchev–Trinajstić information content (AvgIpc) is 1.82. The number of hydrogen-bond donors (Lipinski definition) is 2. The Morgan fingerprint density at radius 3 is 2.82 bits per heavy atom. The zero-order valence-electron chi connectivity index (χ0n) is 6.51. The lowest BCUT2D eigenvalue weighted by molar-refractivity contribution is -0.118. The molecule has 4 heteroatoms. The highest BCUT2D eigenvalue weighted by molar-refractivity contribution is 5.73. The topological polar surface area (TPSA) is 64.4 Å². The van der Waals surface area contributed by atoms with E-state index in [1.54, 1.807) is 0 Å². The van der Waals surface area contributed by atoms with E-state index in [2.05, 4.69) is 5.32 Å². The van der Waals surface area contributed by atoms with Crippen molar-refractivity contribution in [3.05, 3.63) is 0 Å². The van der Waals surface area contributed by atoms with E-state index in [1.165, 1.54) is 0 Å². The molecule has 1 rings (SSSR count). The first kappa shape index (κ1) is 8.49. The number of hydrogen-bond acceptors (Lipinski definition) is 3. The highest BCUT2D eigenvalue weighted by Crippen LogP contribution is 1.99. The van der Waals surface area contributed by atoms with Crippen molar-refractivity contribution < 1.29 is 9.53 Å². The second kappa shape index (κ2) is 4.31. The molecular formula is C7H14N2O2. The zero-order chi connectivity index (χ0) is 8.10. The van der Waals surface area contributed by atoms with Crippen LogP contribution < -0.4 is 11.1 Å². The number of carbonyl (C=O) groups excluding carboxylic acids is 1. The van der Waals surface area contributed by atoms with Crippen molar-refractivity contribution in [3.63, 3.8) is 0 Å². The van der Waals surface area contributed by atoms with Crippen LogP contribution in [0, 0.1) is 0 Å². The average molecular weight is 158 g/mol. The lowest BCUT2D eigenvalue weighted by Gasteiger charge is -2.26. The molecule has 0 aromatic rings. The van der Waals surface area contributed by atoms with Crippen molar-refractivity contribution in [1.29, 1.82) is 0 Å². The summed E-state index contributed by atoms with van der Waals surface area (Å²) >= 11 is 0. The second-order valence-corrected chi connectivity index (χ2v) is 2.76. The summed E-state index contributed by atoms with van der Waals surface area (Å²) in [5.41, 5.74) is 4.96. The minimum absolute atomic E-state index is 0.225. The number of nitrogens with one attached hydrogen (secondary N) is 1. The summed E-state index contributed by atoms with van der Waals surface area (Å²) in [5, 5.41) is 3.24. The third kappa shape index (κ3) is 3.34. The molecule has 0 unspecified atom stereocenters. The highest BCUT2D eigenvalue weighted by Gasteiger charge is 2.16. The minimum Gasteiger partial charge on any atom is -0.378 e. The predicted octanol–water partition coefficient (Wildman–Crippen LogP) is -0.760. The van der Waals surface area contributed by atoms with Gasteiger partial charge in [0, 0.05) is 6.42 Å². The van der Waals surface area contributed by atoms with Crippen LogP contribution in [0.25, 0.3) is 0 Å². The van der Waals surface area contributed by atoms with Gasteiger partial charge in [0.05, 0.1) is 19.3 Å². The van der Waals surface area contributed by atoms with Crippen LogP contribution in [-0.4, -0.2) is 31.7 Å². The Bertz CT molecular complexity index is 134. The number of rotatable bonds is 5. The van der Waals surface area contributed by atoms with Gasteiger partial charge in [0.25, 0.3) is 0 Å². The normalized spacial score (nSPS) is 17.8. The summed E-state index contributed by atoms with van der Waals surface area (Å²) in [6, 6.07) is 0.503. The summed E-state index contributed by atoms with van der Waals surface area (Å²) in [4.78, 5) is 10.3. The van der Waals surface area contributed by atoms with E-state index in [9.17, 15) is 4.79 Å². The van der Waals surface area contributed by atoms with Gasteiger partial charge in [0.2, 0.25) is 5.91 Å². The molecule has 64 valence electrons. The fraction of sp³-hybridized carbons (Fsp3) is 0.857. The van der Waals surface area contributed by atoms with Crippen LogP contribution in [0.1, 0.15) is 12.8 Å². The fourth-order valence-corrected chi connectivity index (χ4v) is 0.922. The number of amides is 1. The van der Waals surface area contributed by atoms with Crippen LogP contribution in [0.5, 0.6) is 0 Å². The molecule has 3 N–H and O–H groups in total. The standard InChI is InChI=1S/C7H14N2O2/c8-7(10)2-1-3-9-6-4-11-5-6/h6,9H,1-5H2,(H2,8,10). The Morgan fingerprint density at radius 2 is 2.36 bits per heavy atom. The highest BCUT2D eigenvalue weighted by atomic mass is 16.5. The summed E-state index contributed by atoms with van der Waals surface area (Å²) in [7, 11) is 0. The predicted molar refractivity (Wildman–Crippen MR) is 41.0 cm³/mol. The first-order valence-corrected chi connectivity index (χ1v) is 3.88. The quantitative estimate of drug-likeness (QED) is 0.517. The maximum Gasteiger partial charge on any atom is 0.217 e. The molecule has 1 saturated heterocycles. The van der Waals surface area contributed by atoms with Gasteiger partial charge >= 0.3 is 0 Å². The molecule has 1 amide bonds. The molecule has 0 aliphatic carbocycles. The van der Waals surface area contributed by atoms with Gasteiger partial charge in [-0.25, -0.2) is 0 Å². The number of nitrogens with two attached hydrogens (primary N) is 1. The van der Waals surface area contributed by atoms with Crippen molar-refractivity contribution in [3.8, 4) is 0 Å². The van der Waals surface area contributed by atoms with Gasteiger partial charge in [-0.1, -0.05) is 0 Å². The van der Waals surface area contributed by atoms with Gasteiger partial charge in [-0.2, -0.15) is 0 Å². The van der Waals surface area contributed by atoms with E-state index >= 15 is 0 Å². The Hall–Kier alpha value is -0.610. The Labute approximate surface area is 66.1 Å². The zero-order valence-corrected chi connectivity index (χ0v) is 6.51. The molecule has 0 spiro atoms. The SMILES string of the molecule is NC(=O)CCCNC1COC1. The number of carbonyl (C=O) groups is 1. The first-order valence-electron chi connectivity index (χ1n) is 3.88. The maximum atomic E-state index is 10.3. The molecule has 0 aromatic carbocycles. The summed E-state index contributed by atoms with van der Waals surface area (Å²) in [6.45, 7) is 2.46. The third-order valence-corrected chi connectivity index (χ3v) is 1.67. The summed E-state index contributed by atoms with van der Waals surface area (Å²) in [5.74, 6) is -0.225. The van der Waals surface area contributed by atoms with Crippen LogP contribution in [0.2, 0.25) is 0 Å². The molecule has 0 atom stereocenters. The van der Waals surface area contributed by atoms with E-state index in [0.717, 1.165) is 26.2 Å². The maximum absolute atomic E-state index is 10.3. The van der Waals surface area contributed by atoms with E-state index in [4.69, 9.17) is 10.5 Å². The monoisotopic (exact) mass is 158 g/mol. The molecule has 1 aliphatic heterocycles. The Morgan fingerprint density at radius 1 is 1.64 bits per heavy atom. The molecule has 1 fully saturated rings. The van der Waals surface area contributed by atoms with Crippen molar-refractivity contribution >= 4 is 5.91 Å². The van der Waals surface area contributed by atoms with Crippen molar-refractivity contribution in [2.24, 2.45) is 5.73 Å². The van der Waals surface area contributed by atoms with Crippen molar-refractivity contribution in [2.75, 3.05) is 19.8 Å². The lowest BCUT2D eigenvalue weighted by atomic mass is 10.2. The van der Waals surface area contributed by atoms with E-state index in [-0.39, 0.29) is 5.91 Å². The molecule has 0 radical (unpaired) electrons. The largest absolute Gasteiger partial charge is 0.378 e. The summed E-state index contributed by atoms with van der Waals surface area (Å²) in [6.07, 6.45) is 1.30. The van der Waals surface area contributed by atoms with Gasteiger partial charge in [0.1, 0.15) is 0 Å². The molecule has 11 heavy (non-hydrogen) atoms. The van der Waals surface area contributed by atoms with Crippen molar-refractivity contribution in [1.82, 2.24) is 5.32 Å². The van der Waals surface area contributed by atoms with Gasteiger partial charge in [-0.05, 0) is 13.0 Å². The smallest absolute Gasteiger partial charge is 0.217 e. The van der Waals surface area contributed by atoms with E-state index < -0.39 is 0 Å². The van der Waals surface area contributed by atoms with Crippen LogP contribution in [0.3, 0.4) is 0 Å². The second-order valence-electron chi connectivity index (χ2n) is 2.76. The fourth-order valence-electron chi connectivity index (χ4n) is 0.922. The molecule has 1 heterocycles. The summed E-state index contributed by atoms with van der Waals surface area (Å²) < 4.78 is 4.96. The van der Waals surface area contributed by atoms with Crippen LogP contribution >= 0.6 is 0 Å². The molecule has 1 aliphatic rings. The molecule has 0 bridgehead atoms. The first-order chi connectivity index (χ1) is 5.29. The number of primary amides is 1. The van der Waals surface area contributed by atoms with Gasteiger partial charge in [-0.15, -0.1) is 0 Å². The third-order valence-electron chi connectivity index (χ3n) is 1.67. The molecule has 0 aromatic heterocycles. The van der Waals surface area contributed by atoms with Crippen LogP contribution in [0.4, 0.5) is 0 Å². The van der Waals surface area contributed by atoms with Crippen molar-refractivity contribution in [2.45, 2.75) is 18.9 Å². The Kier molecular flexibility index (Phi) is 3.32. The molecule has 4 nitrogen and oxygen atoms in total. The number of ether oxygens (including phenoxy) is 1. The van der Waals surface area contributed by atoms with Gasteiger partial charge in [-0.3, -0.25) is 4.79 Å². The van der Waals surface area contributed by atoms with E-state index in [1.807, 2.05) is 0 Å². The Balaban J connectivity index is 1.83. The van der Waals surface area contributed by atoms with E-state index in [0.29, 0.717) is 12.5 Å². The lowest BCUT2D eigenvalue weighted by Crippen LogP contribution is -2.46. The molecule has 0 saturated carbocycles. The molecular weight excluding hydrogens is 144 g/mol. The minimum atomic E-state index is -0.225. The van der Waals surface area contributed by atoms with Crippen LogP contribution in [0.15, 0.2) is 0 Å². The van der Waals surface area contributed by atoms with Gasteiger partial charge in [0.15, 0.2) is 0 Å². The van der Waals surface area contributed by atoms with Crippen LogP contribution in [-0.2, 0) is 9.53 Å².